The highest BCUT2D eigenvalue weighted by Gasteiger charge is 2.29. The number of benzene rings is 1. The van der Waals surface area contributed by atoms with Crippen LogP contribution in [0.1, 0.15) is 32.0 Å². The molecule has 154 valence electrons. The second-order valence-corrected chi connectivity index (χ2v) is 7.49. The summed E-state index contributed by atoms with van der Waals surface area (Å²) >= 11 is 0. The third-order valence-corrected chi connectivity index (χ3v) is 5.54. The number of hydrogen-bond acceptors (Lipinski definition) is 6. The summed E-state index contributed by atoms with van der Waals surface area (Å²) in [6, 6.07) is 5.14. The Kier molecular flexibility index (Phi) is 5.51. The van der Waals surface area contributed by atoms with Crippen molar-refractivity contribution in [2.24, 2.45) is 5.92 Å². The van der Waals surface area contributed by atoms with Crippen LogP contribution in [0.3, 0.4) is 0 Å². The maximum atomic E-state index is 12.7. The van der Waals surface area contributed by atoms with Gasteiger partial charge in [0.25, 0.3) is 11.5 Å². The van der Waals surface area contributed by atoms with Crippen LogP contribution in [0.2, 0.25) is 0 Å². The molecule has 2 aliphatic rings. The summed E-state index contributed by atoms with van der Waals surface area (Å²) < 4.78 is 12.4. The van der Waals surface area contributed by atoms with Crippen molar-refractivity contribution in [3.8, 4) is 5.75 Å². The molecule has 2 aliphatic heterocycles. The molecule has 29 heavy (non-hydrogen) atoms. The van der Waals surface area contributed by atoms with E-state index in [1.54, 1.807) is 34.6 Å². The number of fused-ring (bicyclic) bond motifs is 2. The number of carbonyl (C=O) groups excluding carboxylic acids is 2. The monoisotopic (exact) mass is 399 g/mol. The normalized spacial score (nSPS) is 18.5. The third kappa shape index (κ3) is 3.97. The summed E-state index contributed by atoms with van der Waals surface area (Å²) in [7, 11) is 0. The van der Waals surface area contributed by atoms with Gasteiger partial charge >= 0.3 is 5.97 Å². The quantitative estimate of drug-likeness (QED) is 0.708. The zero-order valence-corrected chi connectivity index (χ0v) is 16.6. The summed E-state index contributed by atoms with van der Waals surface area (Å²) in [5, 5.41) is 0.501. The Labute approximate surface area is 168 Å². The fraction of sp³-hybridized carbons (Fsp3) is 0.524. The minimum atomic E-state index is -0.276. The predicted octanol–water partition coefficient (Wildman–Crippen LogP) is 1.52. The molecule has 1 saturated heterocycles. The molecule has 1 aromatic heterocycles. The van der Waals surface area contributed by atoms with Gasteiger partial charge in [-0.15, -0.1) is 0 Å². The molecule has 4 rings (SSSR count). The zero-order valence-electron chi connectivity index (χ0n) is 16.6. The lowest BCUT2D eigenvalue weighted by atomic mass is 9.98. The fourth-order valence-electron chi connectivity index (χ4n) is 4.05. The van der Waals surface area contributed by atoms with Crippen molar-refractivity contribution in [2.45, 2.75) is 39.2 Å². The number of ether oxygens (including phenoxy) is 2. The summed E-state index contributed by atoms with van der Waals surface area (Å²) in [4.78, 5) is 43.4. The van der Waals surface area contributed by atoms with E-state index in [1.165, 1.54) is 0 Å². The second-order valence-electron chi connectivity index (χ2n) is 7.49. The van der Waals surface area contributed by atoms with E-state index in [2.05, 4.69) is 4.98 Å². The smallest absolute Gasteiger partial charge is 0.310 e. The molecule has 8 heteroatoms. The van der Waals surface area contributed by atoms with Gasteiger partial charge in [-0.3, -0.25) is 19.0 Å². The zero-order chi connectivity index (χ0) is 20.4. The maximum Gasteiger partial charge on any atom is 0.310 e. The number of hydrogen-bond donors (Lipinski definition) is 0. The Balaban J connectivity index is 1.42. The van der Waals surface area contributed by atoms with E-state index in [0.29, 0.717) is 42.9 Å². The van der Waals surface area contributed by atoms with Gasteiger partial charge in [-0.1, -0.05) is 0 Å². The van der Waals surface area contributed by atoms with Crippen LogP contribution >= 0.6 is 0 Å². The van der Waals surface area contributed by atoms with Gasteiger partial charge in [0.05, 0.1) is 23.4 Å². The van der Waals surface area contributed by atoms with Crippen LogP contribution in [-0.4, -0.2) is 52.6 Å². The number of aryl methyl sites for hydroxylation is 1. The van der Waals surface area contributed by atoms with Gasteiger partial charge < -0.3 is 14.4 Å². The average Bonchev–Trinajstić information content (AvgIpc) is 3.21. The number of carbonyl (C=O) groups is 2. The summed E-state index contributed by atoms with van der Waals surface area (Å²) in [5.74, 6) is 0.584. The lowest BCUT2D eigenvalue weighted by molar-refractivity contribution is -0.151. The van der Waals surface area contributed by atoms with Crippen LogP contribution in [0.25, 0.3) is 10.9 Å². The van der Waals surface area contributed by atoms with Crippen molar-refractivity contribution in [1.29, 1.82) is 0 Å². The Bertz CT molecular complexity index is 1000. The number of amides is 1. The Morgan fingerprint density at radius 2 is 2.10 bits per heavy atom. The van der Waals surface area contributed by atoms with Gasteiger partial charge in [-0.2, -0.15) is 0 Å². The standard InChI is InChI=1S/C21H25N3O5/c1-2-28-21(27)14-5-3-9-23(12-14)19(25)13-29-15-7-8-17-16(11-15)20(26)24-10-4-6-18(24)22-17/h7-8,11,14H,2-6,9-10,12-13H2,1H3. The van der Waals surface area contributed by atoms with Crippen molar-refractivity contribution in [2.75, 3.05) is 26.3 Å². The molecule has 0 bridgehead atoms. The maximum absolute atomic E-state index is 12.7. The highest BCUT2D eigenvalue weighted by Crippen LogP contribution is 2.21. The molecule has 0 N–H and O–H groups in total. The molecule has 0 radical (unpaired) electrons. The van der Waals surface area contributed by atoms with Crippen LogP contribution in [0.4, 0.5) is 0 Å². The summed E-state index contributed by atoms with van der Waals surface area (Å²) in [6.07, 6.45) is 3.24. The molecule has 0 aliphatic carbocycles. The van der Waals surface area contributed by atoms with Crippen LogP contribution in [-0.2, 0) is 27.3 Å². The molecule has 1 aromatic carbocycles. The Morgan fingerprint density at radius 1 is 1.24 bits per heavy atom. The Hall–Kier alpha value is -2.90. The molecule has 1 amide bonds. The van der Waals surface area contributed by atoms with E-state index < -0.39 is 0 Å². The number of piperidine rings is 1. The Morgan fingerprint density at radius 3 is 2.93 bits per heavy atom. The molecule has 0 spiro atoms. The topological polar surface area (TPSA) is 90.7 Å². The lowest BCUT2D eigenvalue weighted by Gasteiger charge is -2.31. The fourth-order valence-corrected chi connectivity index (χ4v) is 4.05. The number of likely N-dealkylation sites (tertiary alicyclic amines) is 1. The average molecular weight is 399 g/mol. The van der Waals surface area contributed by atoms with Crippen molar-refractivity contribution < 1.29 is 19.1 Å². The van der Waals surface area contributed by atoms with E-state index in [9.17, 15) is 14.4 Å². The van der Waals surface area contributed by atoms with Crippen molar-refractivity contribution in [1.82, 2.24) is 14.5 Å². The third-order valence-electron chi connectivity index (χ3n) is 5.54. The second kappa shape index (κ2) is 8.23. The highest BCUT2D eigenvalue weighted by molar-refractivity contribution is 5.81. The molecule has 0 saturated carbocycles. The largest absolute Gasteiger partial charge is 0.484 e. The van der Waals surface area contributed by atoms with Crippen LogP contribution in [0, 0.1) is 5.92 Å². The SMILES string of the molecule is CCOC(=O)C1CCCN(C(=O)COc2ccc3nc4n(c(=O)c3c2)CCC4)C1. The summed E-state index contributed by atoms with van der Waals surface area (Å²) in [6.45, 7) is 3.63. The van der Waals surface area contributed by atoms with Gasteiger partial charge in [-0.05, 0) is 44.4 Å². The first-order chi connectivity index (χ1) is 14.1. The molecular weight excluding hydrogens is 374 g/mol. The van der Waals surface area contributed by atoms with Gasteiger partial charge in [0.1, 0.15) is 11.6 Å². The van der Waals surface area contributed by atoms with Gasteiger partial charge in [-0.25, -0.2) is 4.98 Å². The molecule has 1 atom stereocenters. The van der Waals surface area contributed by atoms with Crippen LogP contribution < -0.4 is 10.3 Å². The van der Waals surface area contributed by atoms with Crippen LogP contribution in [0.15, 0.2) is 23.0 Å². The first kappa shape index (κ1) is 19.4. The van der Waals surface area contributed by atoms with Crippen molar-refractivity contribution in [3.63, 3.8) is 0 Å². The van der Waals surface area contributed by atoms with E-state index in [4.69, 9.17) is 9.47 Å². The van der Waals surface area contributed by atoms with E-state index in [-0.39, 0.29) is 30.0 Å². The first-order valence-corrected chi connectivity index (χ1v) is 10.2. The number of aromatic nitrogens is 2. The molecule has 3 heterocycles. The molecule has 8 nitrogen and oxygen atoms in total. The summed E-state index contributed by atoms with van der Waals surface area (Å²) in [5.41, 5.74) is 0.586. The van der Waals surface area contributed by atoms with Gasteiger partial charge in [0.15, 0.2) is 6.61 Å². The predicted molar refractivity (Wildman–Crippen MR) is 106 cm³/mol. The first-order valence-electron chi connectivity index (χ1n) is 10.2. The number of nitrogens with zero attached hydrogens (tertiary/aromatic N) is 3. The highest BCUT2D eigenvalue weighted by atomic mass is 16.5. The minimum absolute atomic E-state index is 0.0624. The van der Waals surface area contributed by atoms with E-state index in [0.717, 1.165) is 31.5 Å². The molecule has 2 aromatic rings. The lowest BCUT2D eigenvalue weighted by Crippen LogP contribution is -2.44. The number of rotatable bonds is 5. The number of esters is 1. The van der Waals surface area contributed by atoms with Crippen molar-refractivity contribution >= 4 is 22.8 Å². The van der Waals surface area contributed by atoms with E-state index in [1.807, 2.05) is 0 Å². The van der Waals surface area contributed by atoms with E-state index >= 15 is 0 Å². The van der Waals surface area contributed by atoms with Crippen molar-refractivity contribution in [3.05, 3.63) is 34.4 Å². The van der Waals surface area contributed by atoms with Gasteiger partial charge in [0.2, 0.25) is 0 Å². The molecular formula is C21H25N3O5. The molecule has 1 fully saturated rings. The minimum Gasteiger partial charge on any atom is -0.484 e. The van der Waals surface area contributed by atoms with Crippen LogP contribution in [0.5, 0.6) is 5.75 Å². The molecule has 1 unspecified atom stereocenters. The van der Waals surface area contributed by atoms with Gasteiger partial charge in [0, 0.05) is 26.1 Å².